The standard InChI is InChI=1S/C13H22N2O5/c1-8(2)12(18)14-10-4-9(13(19)20-3)5-15(6-10)7-11(16)17/h8-10H,4-7H2,1-3H3,(H,14,18)(H,16,17). The molecule has 1 aliphatic rings. The molecule has 1 fully saturated rings. The molecule has 0 spiro atoms. The fourth-order valence-corrected chi connectivity index (χ4v) is 2.32. The summed E-state index contributed by atoms with van der Waals surface area (Å²) in [6, 6.07) is -0.234. The van der Waals surface area contributed by atoms with Crippen molar-refractivity contribution in [2.24, 2.45) is 11.8 Å². The van der Waals surface area contributed by atoms with E-state index in [4.69, 9.17) is 9.84 Å². The summed E-state index contributed by atoms with van der Waals surface area (Å²) in [5.74, 6) is -1.99. The third-order valence-electron chi connectivity index (χ3n) is 3.29. The van der Waals surface area contributed by atoms with E-state index in [1.807, 2.05) is 0 Å². The van der Waals surface area contributed by atoms with Crippen molar-refractivity contribution in [3.63, 3.8) is 0 Å². The van der Waals surface area contributed by atoms with E-state index < -0.39 is 11.9 Å². The van der Waals surface area contributed by atoms with Gasteiger partial charge in [-0.15, -0.1) is 0 Å². The molecule has 0 aromatic rings. The Hall–Kier alpha value is -1.63. The van der Waals surface area contributed by atoms with E-state index in [1.165, 1.54) is 7.11 Å². The summed E-state index contributed by atoms with van der Waals surface area (Å²) in [7, 11) is 1.31. The Morgan fingerprint density at radius 1 is 1.35 bits per heavy atom. The predicted molar refractivity (Wildman–Crippen MR) is 71.0 cm³/mol. The molecule has 0 bridgehead atoms. The van der Waals surface area contributed by atoms with Gasteiger partial charge in [-0.3, -0.25) is 19.3 Å². The van der Waals surface area contributed by atoms with Crippen LogP contribution < -0.4 is 5.32 Å². The van der Waals surface area contributed by atoms with Gasteiger partial charge in [0.25, 0.3) is 0 Å². The van der Waals surface area contributed by atoms with Crippen LogP contribution in [-0.4, -0.2) is 60.6 Å². The summed E-state index contributed by atoms with van der Waals surface area (Å²) in [4.78, 5) is 35.8. The number of amides is 1. The van der Waals surface area contributed by atoms with Gasteiger partial charge < -0.3 is 15.2 Å². The van der Waals surface area contributed by atoms with Crippen molar-refractivity contribution in [3.05, 3.63) is 0 Å². The fraction of sp³-hybridized carbons (Fsp3) is 0.769. The zero-order valence-corrected chi connectivity index (χ0v) is 12.1. The number of carbonyl (C=O) groups excluding carboxylic acids is 2. The van der Waals surface area contributed by atoms with Crippen molar-refractivity contribution in [2.75, 3.05) is 26.7 Å². The average Bonchev–Trinajstić information content (AvgIpc) is 2.36. The van der Waals surface area contributed by atoms with E-state index >= 15 is 0 Å². The molecule has 1 saturated heterocycles. The Morgan fingerprint density at radius 3 is 2.50 bits per heavy atom. The third kappa shape index (κ3) is 4.80. The molecular weight excluding hydrogens is 264 g/mol. The molecule has 2 unspecified atom stereocenters. The van der Waals surface area contributed by atoms with Gasteiger partial charge in [0, 0.05) is 25.0 Å². The first-order chi connectivity index (χ1) is 9.33. The number of esters is 1. The Balaban J connectivity index is 2.71. The summed E-state index contributed by atoms with van der Waals surface area (Å²) in [6.07, 6.45) is 0.473. The van der Waals surface area contributed by atoms with Crippen molar-refractivity contribution >= 4 is 17.8 Å². The van der Waals surface area contributed by atoms with E-state index in [2.05, 4.69) is 5.32 Å². The predicted octanol–water partition coefficient (Wildman–Crippen LogP) is -0.293. The average molecular weight is 286 g/mol. The first-order valence-corrected chi connectivity index (χ1v) is 6.65. The Bertz CT molecular complexity index is 383. The summed E-state index contributed by atoms with van der Waals surface area (Å²) < 4.78 is 4.72. The quantitative estimate of drug-likeness (QED) is 0.674. The van der Waals surface area contributed by atoms with Gasteiger partial charge in [-0.1, -0.05) is 13.8 Å². The van der Waals surface area contributed by atoms with E-state index in [9.17, 15) is 14.4 Å². The van der Waals surface area contributed by atoms with Crippen LogP contribution in [0.1, 0.15) is 20.3 Å². The number of likely N-dealkylation sites (tertiary alicyclic amines) is 1. The minimum absolute atomic E-state index is 0.101. The zero-order valence-electron chi connectivity index (χ0n) is 12.1. The molecule has 0 radical (unpaired) electrons. The molecule has 1 aliphatic heterocycles. The summed E-state index contributed by atoms with van der Waals surface area (Å²) >= 11 is 0. The van der Waals surface area contributed by atoms with Crippen molar-refractivity contribution in [1.29, 1.82) is 0 Å². The molecule has 2 atom stereocenters. The van der Waals surface area contributed by atoms with Crippen LogP contribution >= 0.6 is 0 Å². The largest absolute Gasteiger partial charge is 0.480 e. The van der Waals surface area contributed by atoms with Crippen molar-refractivity contribution in [3.8, 4) is 0 Å². The van der Waals surface area contributed by atoms with Gasteiger partial charge in [0.1, 0.15) is 0 Å². The first-order valence-electron chi connectivity index (χ1n) is 6.65. The second kappa shape index (κ2) is 7.23. The molecular formula is C13H22N2O5. The smallest absolute Gasteiger partial charge is 0.317 e. The number of hydrogen-bond acceptors (Lipinski definition) is 5. The molecule has 7 nitrogen and oxygen atoms in total. The molecule has 20 heavy (non-hydrogen) atoms. The lowest BCUT2D eigenvalue weighted by molar-refractivity contribution is -0.150. The van der Waals surface area contributed by atoms with Crippen molar-refractivity contribution in [2.45, 2.75) is 26.3 Å². The lowest BCUT2D eigenvalue weighted by Crippen LogP contribution is -2.54. The summed E-state index contributed by atoms with van der Waals surface area (Å²) in [5, 5.41) is 11.7. The highest BCUT2D eigenvalue weighted by Crippen LogP contribution is 2.18. The molecule has 0 aromatic heterocycles. The van der Waals surface area contributed by atoms with Crippen LogP contribution in [0, 0.1) is 11.8 Å². The number of carboxylic acids is 1. The van der Waals surface area contributed by atoms with Crippen LogP contribution in [0.3, 0.4) is 0 Å². The van der Waals surface area contributed by atoms with Gasteiger partial charge in [-0.05, 0) is 6.42 Å². The Morgan fingerprint density at radius 2 is 2.00 bits per heavy atom. The van der Waals surface area contributed by atoms with Gasteiger partial charge in [0.15, 0.2) is 0 Å². The van der Waals surface area contributed by atoms with E-state index in [-0.39, 0.29) is 30.4 Å². The van der Waals surface area contributed by atoms with Gasteiger partial charge in [-0.2, -0.15) is 0 Å². The number of carboxylic acid groups (broad SMARTS) is 1. The highest BCUT2D eigenvalue weighted by Gasteiger charge is 2.33. The van der Waals surface area contributed by atoms with Crippen LogP contribution in [0.15, 0.2) is 0 Å². The Kier molecular flexibility index (Phi) is 5.94. The molecule has 2 N–H and O–H groups in total. The molecule has 0 saturated carbocycles. The molecule has 0 aromatic carbocycles. The van der Waals surface area contributed by atoms with Crippen LogP contribution in [0.25, 0.3) is 0 Å². The first kappa shape index (κ1) is 16.4. The Labute approximate surface area is 118 Å². The number of aliphatic carboxylic acids is 1. The number of piperidine rings is 1. The minimum Gasteiger partial charge on any atom is -0.480 e. The number of methoxy groups -OCH3 is 1. The monoisotopic (exact) mass is 286 g/mol. The highest BCUT2D eigenvalue weighted by atomic mass is 16.5. The van der Waals surface area contributed by atoms with Crippen LogP contribution in [0.2, 0.25) is 0 Å². The number of hydrogen-bond donors (Lipinski definition) is 2. The SMILES string of the molecule is COC(=O)C1CC(NC(=O)C(C)C)CN(CC(=O)O)C1. The van der Waals surface area contributed by atoms with Gasteiger partial charge in [-0.25, -0.2) is 0 Å². The second-order valence-corrected chi connectivity index (χ2v) is 5.40. The molecule has 0 aliphatic carbocycles. The van der Waals surface area contributed by atoms with Crippen LogP contribution in [0.4, 0.5) is 0 Å². The minimum atomic E-state index is -0.954. The fourth-order valence-electron chi connectivity index (χ4n) is 2.32. The zero-order chi connectivity index (χ0) is 15.3. The van der Waals surface area contributed by atoms with Gasteiger partial charge in [0.05, 0.1) is 19.6 Å². The molecule has 1 heterocycles. The van der Waals surface area contributed by atoms with Crippen LogP contribution in [0.5, 0.6) is 0 Å². The maximum atomic E-state index is 11.7. The topological polar surface area (TPSA) is 95.9 Å². The third-order valence-corrected chi connectivity index (χ3v) is 3.29. The maximum absolute atomic E-state index is 11.7. The normalized spacial score (nSPS) is 23.4. The molecule has 1 amide bonds. The summed E-state index contributed by atoms with van der Waals surface area (Å²) in [5.41, 5.74) is 0. The van der Waals surface area contributed by atoms with Gasteiger partial charge >= 0.3 is 11.9 Å². The lowest BCUT2D eigenvalue weighted by atomic mass is 9.93. The molecule has 1 rings (SSSR count). The molecule has 114 valence electrons. The second-order valence-electron chi connectivity index (χ2n) is 5.40. The van der Waals surface area contributed by atoms with Crippen LogP contribution in [-0.2, 0) is 19.1 Å². The highest BCUT2D eigenvalue weighted by molar-refractivity contribution is 5.78. The number of ether oxygens (including phenoxy) is 1. The lowest BCUT2D eigenvalue weighted by Gasteiger charge is -2.36. The number of rotatable bonds is 5. The summed E-state index contributed by atoms with van der Waals surface area (Å²) in [6.45, 7) is 4.18. The number of carbonyl (C=O) groups is 3. The van der Waals surface area contributed by atoms with E-state index in [1.54, 1.807) is 18.7 Å². The maximum Gasteiger partial charge on any atom is 0.317 e. The van der Waals surface area contributed by atoms with E-state index in [0.29, 0.717) is 19.5 Å². The number of nitrogens with zero attached hydrogens (tertiary/aromatic N) is 1. The number of nitrogens with one attached hydrogen (secondary N) is 1. The van der Waals surface area contributed by atoms with Crippen molar-refractivity contribution in [1.82, 2.24) is 10.2 Å². The van der Waals surface area contributed by atoms with E-state index in [0.717, 1.165) is 0 Å². The van der Waals surface area contributed by atoms with Crippen molar-refractivity contribution < 1.29 is 24.2 Å². The molecule has 7 heteroatoms. The van der Waals surface area contributed by atoms with Gasteiger partial charge in [0.2, 0.25) is 5.91 Å².